The van der Waals surface area contributed by atoms with Crippen molar-refractivity contribution in [2.75, 3.05) is 0 Å². The van der Waals surface area contributed by atoms with Crippen molar-refractivity contribution in [1.29, 1.82) is 5.26 Å². The van der Waals surface area contributed by atoms with Crippen molar-refractivity contribution in [3.05, 3.63) is 16.3 Å². The Hall–Kier alpha value is -1.57. The van der Waals surface area contributed by atoms with Gasteiger partial charge in [0.25, 0.3) is 0 Å². The van der Waals surface area contributed by atoms with Crippen molar-refractivity contribution in [2.24, 2.45) is 12.5 Å². The Kier molecular flexibility index (Phi) is 2.14. The third kappa shape index (κ3) is 1.67. The van der Waals surface area contributed by atoms with Crippen LogP contribution in [0.5, 0.6) is 0 Å². The predicted molar refractivity (Wildman–Crippen MR) is 54.1 cm³/mol. The van der Waals surface area contributed by atoms with Gasteiger partial charge >= 0.3 is 5.69 Å². The van der Waals surface area contributed by atoms with Crippen LogP contribution in [0.2, 0.25) is 0 Å². The lowest BCUT2D eigenvalue weighted by Gasteiger charge is -2.11. The zero-order valence-corrected chi connectivity index (χ0v) is 9.03. The topological polar surface area (TPSA) is 63.6 Å². The molecule has 1 aromatic rings. The van der Waals surface area contributed by atoms with Gasteiger partial charge < -0.3 is 0 Å². The zero-order chi connectivity index (χ0) is 11.1. The fraction of sp³-hybridized carbons (Fsp3) is 0.700. The largest absolute Gasteiger partial charge is 0.345 e. The van der Waals surface area contributed by atoms with E-state index in [1.165, 1.54) is 4.68 Å². The summed E-state index contributed by atoms with van der Waals surface area (Å²) in [4.78, 5) is 11.7. The van der Waals surface area contributed by atoms with Crippen LogP contribution in [-0.2, 0) is 13.6 Å². The first-order valence-corrected chi connectivity index (χ1v) is 5.05. The summed E-state index contributed by atoms with van der Waals surface area (Å²) < 4.78 is 3.02. The van der Waals surface area contributed by atoms with Crippen molar-refractivity contribution >= 4 is 0 Å². The molecule has 0 spiro atoms. The van der Waals surface area contributed by atoms with E-state index in [0.29, 0.717) is 13.0 Å². The molecule has 1 aliphatic rings. The zero-order valence-electron chi connectivity index (χ0n) is 9.03. The molecule has 0 aromatic carbocycles. The van der Waals surface area contributed by atoms with Gasteiger partial charge in [-0.3, -0.25) is 4.57 Å². The minimum absolute atomic E-state index is 0.0480. The molecule has 0 saturated heterocycles. The highest BCUT2D eigenvalue weighted by Gasteiger charge is 2.43. The summed E-state index contributed by atoms with van der Waals surface area (Å²) in [6.07, 6.45) is 2.62. The summed E-state index contributed by atoms with van der Waals surface area (Å²) in [5, 5.41) is 12.8. The van der Waals surface area contributed by atoms with Crippen LogP contribution in [0.4, 0.5) is 0 Å². The first-order chi connectivity index (χ1) is 7.08. The molecule has 80 valence electrons. The van der Waals surface area contributed by atoms with Crippen LogP contribution < -0.4 is 5.69 Å². The minimum Gasteiger partial charge on any atom is -0.279 e. The Labute approximate surface area is 87.9 Å². The maximum absolute atomic E-state index is 11.7. The molecule has 0 amide bonds. The number of nitrogens with zero attached hydrogens (tertiary/aromatic N) is 4. The smallest absolute Gasteiger partial charge is 0.279 e. The molecule has 15 heavy (non-hydrogen) atoms. The van der Waals surface area contributed by atoms with E-state index in [1.807, 2.05) is 6.92 Å². The summed E-state index contributed by atoms with van der Waals surface area (Å²) in [5.41, 5.74) is -0.0384. The van der Waals surface area contributed by atoms with Gasteiger partial charge in [0.15, 0.2) is 0 Å². The Morgan fingerprint density at radius 2 is 2.27 bits per heavy atom. The number of aromatic nitrogens is 3. The van der Waals surface area contributed by atoms with Crippen LogP contribution >= 0.6 is 0 Å². The molecule has 0 atom stereocenters. The number of hydrogen-bond acceptors (Lipinski definition) is 3. The van der Waals surface area contributed by atoms with Crippen molar-refractivity contribution in [1.82, 2.24) is 14.3 Å². The van der Waals surface area contributed by atoms with Crippen LogP contribution in [0.25, 0.3) is 0 Å². The lowest BCUT2D eigenvalue weighted by Crippen LogP contribution is -2.26. The average molecular weight is 206 g/mol. The van der Waals surface area contributed by atoms with E-state index in [1.54, 1.807) is 11.6 Å². The normalized spacial score (nSPS) is 17.4. The fourth-order valence-corrected chi connectivity index (χ4v) is 1.88. The average Bonchev–Trinajstić information content (AvgIpc) is 2.89. The molecule has 0 unspecified atom stereocenters. The molecule has 5 nitrogen and oxygen atoms in total. The van der Waals surface area contributed by atoms with Gasteiger partial charge in [-0.15, -0.1) is 0 Å². The van der Waals surface area contributed by atoms with Gasteiger partial charge in [-0.1, -0.05) is 0 Å². The lowest BCUT2D eigenvalue weighted by atomic mass is 10.0. The number of aryl methyl sites for hydroxylation is 2. The fourth-order valence-electron chi connectivity index (χ4n) is 1.88. The van der Waals surface area contributed by atoms with Gasteiger partial charge in [0.2, 0.25) is 0 Å². The van der Waals surface area contributed by atoms with Crippen molar-refractivity contribution in [2.45, 2.75) is 32.7 Å². The molecule has 0 N–H and O–H groups in total. The highest BCUT2D eigenvalue weighted by molar-refractivity contribution is 5.01. The highest BCUT2D eigenvalue weighted by Crippen LogP contribution is 2.49. The van der Waals surface area contributed by atoms with Crippen molar-refractivity contribution in [3.8, 4) is 6.07 Å². The summed E-state index contributed by atoms with van der Waals surface area (Å²) in [6.45, 7) is 2.46. The number of hydrogen-bond donors (Lipinski definition) is 0. The number of rotatable bonds is 3. The number of nitriles is 1. The van der Waals surface area contributed by atoms with Gasteiger partial charge in [0.05, 0.1) is 6.07 Å². The van der Waals surface area contributed by atoms with Crippen LogP contribution in [0, 0.1) is 23.7 Å². The molecule has 0 bridgehead atoms. The van der Waals surface area contributed by atoms with E-state index < -0.39 is 0 Å². The lowest BCUT2D eigenvalue weighted by molar-refractivity contribution is 0.416. The van der Waals surface area contributed by atoms with Gasteiger partial charge in [-0.2, -0.15) is 10.4 Å². The first-order valence-electron chi connectivity index (χ1n) is 5.05. The first kappa shape index (κ1) is 9.97. The van der Waals surface area contributed by atoms with E-state index >= 15 is 0 Å². The standard InChI is InChI=1S/C10H14N4O/c1-8-12-13(2)9(15)14(8)7-10(3-4-10)5-6-11/h3-5,7H2,1-2H3. The molecule has 2 rings (SSSR count). The van der Waals surface area contributed by atoms with E-state index in [-0.39, 0.29) is 11.1 Å². The van der Waals surface area contributed by atoms with Crippen LogP contribution in [0.15, 0.2) is 4.79 Å². The summed E-state index contributed by atoms with van der Waals surface area (Å²) in [6, 6.07) is 2.19. The summed E-state index contributed by atoms with van der Waals surface area (Å²) in [5.74, 6) is 0.728. The molecule has 1 saturated carbocycles. The van der Waals surface area contributed by atoms with Gasteiger partial charge in [0.1, 0.15) is 5.82 Å². The molecule has 1 aliphatic carbocycles. The predicted octanol–water partition coefficient (Wildman–Crippen LogP) is 0.584. The van der Waals surface area contributed by atoms with Gasteiger partial charge in [-0.05, 0) is 19.8 Å². The Balaban J connectivity index is 2.26. The van der Waals surface area contributed by atoms with Crippen LogP contribution in [0.3, 0.4) is 0 Å². The Morgan fingerprint density at radius 1 is 1.60 bits per heavy atom. The molecular formula is C10H14N4O. The van der Waals surface area contributed by atoms with E-state index in [2.05, 4.69) is 11.2 Å². The summed E-state index contributed by atoms with van der Waals surface area (Å²) >= 11 is 0. The maximum Gasteiger partial charge on any atom is 0.345 e. The minimum atomic E-state index is -0.0864. The second kappa shape index (κ2) is 3.23. The van der Waals surface area contributed by atoms with E-state index in [4.69, 9.17) is 5.26 Å². The molecule has 1 fully saturated rings. The molecule has 1 heterocycles. The molecular weight excluding hydrogens is 192 g/mol. The second-order valence-corrected chi connectivity index (χ2v) is 4.37. The third-order valence-corrected chi connectivity index (χ3v) is 3.10. The highest BCUT2D eigenvalue weighted by atomic mass is 16.2. The molecule has 0 radical (unpaired) electrons. The Morgan fingerprint density at radius 3 is 2.67 bits per heavy atom. The SMILES string of the molecule is Cc1nn(C)c(=O)n1CC1(CC#N)CC1. The maximum atomic E-state index is 11.7. The van der Waals surface area contributed by atoms with E-state index in [9.17, 15) is 4.79 Å². The van der Waals surface area contributed by atoms with Crippen LogP contribution in [-0.4, -0.2) is 14.3 Å². The van der Waals surface area contributed by atoms with Gasteiger partial charge in [0, 0.05) is 25.4 Å². The Bertz CT molecular complexity index is 473. The third-order valence-electron chi connectivity index (χ3n) is 3.10. The molecule has 1 aromatic heterocycles. The van der Waals surface area contributed by atoms with Crippen LogP contribution in [0.1, 0.15) is 25.1 Å². The quantitative estimate of drug-likeness (QED) is 0.726. The van der Waals surface area contributed by atoms with Gasteiger partial charge in [-0.25, -0.2) is 9.48 Å². The monoisotopic (exact) mass is 206 g/mol. The van der Waals surface area contributed by atoms with Crippen molar-refractivity contribution in [3.63, 3.8) is 0 Å². The summed E-state index contributed by atoms with van der Waals surface area (Å²) in [7, 11) is 1.65. The molecule has 0 aliphatic heterocycles. The van der Waals surface area contributed by atoms with E-state index in [0.717, 1.165) is 18.7 Å². The second-order valence-electron chi connectivity index (χ2n) is 4.37. The van der Waals surface area contributed by atoms with Crippen molar-refractivity contribution < 1.29 is 0 Å². The molecule has 5 heteroatoms.